The van der Waals surface area contributed by atoms with Crippen LogP contribution < -0.4 is 10.1 Å². The Balaban J connectivity index is 1.75. The Morgan fingerprint density at radius 1 is 1.25 bits per heavy atom. The van der Waals surface area contributed by atoms with Gasteiger partial charge in [0.25, 0.3) is 5.91 Å². The second-order valence-electron chi connectivity index (χ2n) is 9.88. The second-order valence-corrected chi connectivity index (χ2v) is 17.0. The average molecular weight is 611 g/mol. The molecule has 0 aliphatic heterocycles. The monoisotopic (exact) mass is 610 g/mol. The van der Waals surface area contributed by atoms with E-state index in [1.165, 1.54) is 45.5 Å². The summed E-state index contributed by atoms with van der Waals surface area (Å²) >= 11 is 7.71. The van der Waals surface area contributed by atoms with Crippen molar-refractivity contribution in [1.29, 1.82) is 0 Å². The summed E-state index contributed by atoms with van der Waals surface area (Å²) in [6.45, 7) is 3.93. The zero-order chi connectivity index (χ0) is 28.9. The first-order chi connectivity index (χ1) is 19.1. The topological polar surface area (TPSA) is 116 Å². The van der Waals surface area contributed by atoms with E-state index in [1.807, 2.05) is 0 Å². The summed E-state index contributed by atoms with van der Waals surface area (Å²) in [6.07, 6.45) is 5.99. The molecule has 0 fully saturated rings. The summed E-state index contributed by atoms with van der Waals surface area (Å²) in [7, 11) is -1.36. The Hall–Kier alpha value is -3.04. The van der Waals surface area contributed by atoms with E-state index in [4.69, 9.17) is 21.1 Å². The van der Waals surface area contributed by atoms with Gasteiger partial charge in [0, 0.05) is 43.3 Å². The van der Waals surface area contributed by atoms with Crippen molar-refractivity contribution in [3.8, 4) is 17.0 Å². The molecule has 0 atom stereocenters. The highest BCUT2D eigenvalue weighted by Gasteiger charge is 2.24. The quantitative estimate of drug-likeness (QED) is 0.116. The fraction of sp³-hybridized carbons (Fsp3) is 0.360. The van der Waals surface area contributed by atoms with Crippen LogP contribution in [0.4, 0.5) is 14.5 Å². The van der Waals surface area contributed by atoms with Gasteiger partial charge < -0.3 is 19.9 Å². The SMILES string of the molecule is C[Si](C)(C)CCOCn1ncc(NC(=O)c2cnn3cccnc23)c1-c1cc(Cl)c(SCCO)cc1OC(F)F. The maximum Gasteiger partial charge on any atom is 0.387 e. The van der Waals surface area contributed by atoms with Crippen LogP contribution >= 0.6 is 23.4 Å². The van der Waals surface area contributed by atoms with Gasteiger partial charge in [0.2, 0.25) is 0 Å². The molecule has 214 valence electrons. The Morgan fingerprint density at radius 2 is 2.05 bits per heavy atom. The van der Waals surface area contributed by atoms with Crippen molar-refractivity contribution < 1.29 is 28.2 Å². The van der Waals surface area contributed by atoms with Crippen molar-refractivity contribution in [2.24, 2.45) is 0 Å². The number of carbonyl (C=O) groups excluding carboxylic acids is 1. The van der Waals surface area contributed by atoms with Gasteiger partial charge in [-0.05, 0) is 24.2 Å². The lowest BCUT2D eigenvalue weighted by Crippen LogP contribution is -2.22. The lowest BCUT2D eigenvalue weighted by molar-refractivity contribution is -0.0496. The van der Waals surface area contributed by atoms with E-state index in [-0.39, 0.29) is 46.6 Å². The van der Waals surface area contributed by atoms with Gasteiger partial charge in [0.05, 0.1) is 35.4 Å². The molecule has 0 aliphatic carbocycles. The number of hydrogen-bond donors (Lipinski definition) is 2. The molecule has 3 heterocycles. The predicted octanol–water partition coefficient (Wildman–Crippen LogP) is 5.50. The van der Waals surface area contributed by atoms with Gasteiger partial charge in [-0.25, -0.2) is 14.2 Å². The molecule has 0 saturated carbocycles. The number of carbonyl (C=O) groups is 1. The number of hydrogen-bond acceptors (Lipinski definition) is 8. The van der Waals surface area contributed by atoms with Crippen LogP contribution in [-0.2, 0) is 11.5 Å². The normalized spacial score (nSPS) is 11.9. The molecule has 0 aliphatic rings. The van der Waals surface area contributed by atoms with Gasteiger partial charge in [-0.2, -0.15) is 19.0 Å². The summed E-state index contributed by atoms with van der Waals surface area (Å²) in [6, 6.07) is 5.45. The van der Waals surface area contributed by atoms with Crippen LogP contribution in [0.5, 0.6) is 5.75 Å². The van der Waals surface area contributed by atoms with Crippen LogP contribution in [0.2, 0.25) is 30.7 Å². The number of rotatable bonds is 13. The molecule has 0 unspecified atom stereocenters. The van der Waals surface area contributed by atoms with Gasteiger partial charge in [0.1, 0.15) is 18.0 Å². The van der Waals surface area contributed by atoms with Crippen LogP contribution in [0.15, 0.2) is 47.9 Å². The Morgan fingerprint density at radius 3 is 2.77 bits per heavy atom. The zero-order valence-electron chi connectivity index (χ0n) is 22.1. The summed E-state index contributed by atoms with van der Waals surface area (Å²) in [4.78, 5) is 17.9. The van der Waals surface area contributed by atoms with Crippen LogP contribution in [0.25, 0.3) is 16.9 Å². The Bertz CT molecular complexity index is 1480. The number of nitrogens with one attached hydrogen (secondary N) is 1. The van der Waals surface area contributed by atoms with E-state index in [0.717, 1.165) is 6.04 Å². The molecular weight excluding hydrogens is 582 g/mol. The minimum atomic E-state index is -3.12. The summed E-state index contributed by atoms with van der Waals surface area (Å²) < 4.78 is 40.7. The fourth-order valence-electron chi connectivity index (χ4n) is 3.74. The average Bonchev–Trinajstić information content (AvgIpc) is 3.50. The number of aliphatic hydroxyl groups is 1. The maximum atomic E-state index is 13.5. The van der Waals surface area contributed by atoms with E-state index >= 15 is 0 Å². The van der Waals surface area contributed by atoms with E-state index in [2.05, 4.69) is 40.1 Å². The summed E-state index contributed by atoms with van der Waals surface area (Å²) in [5.74, 6) is -0.381. The number of thioether (sulfide) groups is 1. The van der Waals surface area contributed by atoms with Crippen LogP contribution in [0, 0.1) is 0 Å². The van der Waals surface area contributed by atoms with Crippen molar-refractivity contribution in [1.82, 2.24) is 24.4 Å². The minimum Gasteiger partial charge on any atom is -0.434 e. The molecule has 3 aromatic heterocycles. The highest BCUT2D eigenvalue weighted by Crippen LogP contribution is 2.42. The molecule has 40 heavy (non-hydrogen) atoms. The van der Waals surface area contributed by atoms with Crippen molar-refractivity contribution in [2.45, 2.75) is 43.9 Å². The van der Waals surface area contributed by atoms with Crippen LogP contribution in [0.3, 0.4) is 0 Å². The first kappa shape index (κ1) is 29.9. The lowest BCUT2D eigenvalue weighted by Gasteiger charge is -2.18. The van der Waals surface area contributed by atoms with Crippen molar-refractivity contribution >= 4 is 48.7 Å². The molecule has 4 rings (SSSR count). The van der Waals surface area contributed by atoms with Gasteiger partial charge in [-0.15, -0.1) is 11.8 Å². The van der Waals surface area contributed by atoms with E-state index < -0.39 is 20.6 Å². The van der Waals surface area contributed by atoms with Gasteiger partial charge in [-0.3, -0.25) is 4.79 Å². The molecular formula is C25H29ClF2N6O4SSi. The molecule has 0 saturated heterocycles. The van der Waals surface area contributed by atoms with Crippen molar-refractivity contribution in [3.05, 3.63) is 53.6 Å². The highest BCUT2D eigenvalue weighted by molar-refractivity contribution is 7.99. The molecule has 0 radical (unpaired) electrons. The smallest absolute Gasteiger partial charge is 0.387 e. The number of alkyl halides is 2. The summed E-state index contributed by atoms with van der Waals surface area (Å²) in [5, 5.41) is 20.8. The molecule has 4 aromatic rings. The van der Waals surface area contributed by atoms with Gasteiger partial charge in [0.15, 0.2) is 5.65 Å². The molecule has 15 heteroatoms. The van der Waals surface area contributed by atoms with Crippen molar-refractivity contribution in [3.63, 3.8) is 0 Å². The number of ether oxygens (including phenoxy) is 2. The van der Waals surface area contributed by atoms with Crippen LogP contribution in [-0.4, -0.2) is 69.0 Å². The van der Waals surface area contributed by atoms with E-state index in [0.29, 0.717) is 22.9 Å². The number of aromatic nitrogens is 5. The third-order valence-electron chi connectivity index (χ3n) is 5.68. The van der Waals surface area contributed by atoms with Crippen LogP contribution in [0.1, 0.15) is 10.4 Å². The zero-order valence-corrected chi connectivity index (χ0v) is 24.7. The fourth-order valence-corrected chi connectivity index (χ4v) is 5.53. The standard InChI is InChI=1S/C25H29ClF2N6O4SSi/c1-40(2,3)10-8-37-15-34-22(16-11-18(26)21(39-9-7-35)12-20(16)38-25(27)28)19(14-31-34)32-24(36)17-13-30-33-6-4-5-29-23(17)33/h4-6,11-14,25,35H,7-10,15H2,1-3H3,(H,32,36). The van der Waals surface area contributed by atoms with E-state index in [1.54, 1.807) is 18.5 Å². The molecule has 0 bridgehead atoms. The third kappa shape index (κ3) is 7.37. The molecule has 2 N–H and O–H groups in total. The molecule has 1 amide bonds. The maximum absolute atomic E-state index is 13.5. The number of benzene rings is 1. The number of halogens is 3. The third-order valence-corrected chi connectivity index (χ3v) is 8.84. The van der Waals surface area contributed by atoms with E-state index in [9.17, 15) is 18.7 Å². The van der Waals surface area contributed by atoms with Crippen molar-refractivity contribution in [2.75, 3.05) is 24.3 Å². The van der Waals surface area contributed by atoms with Gasteiger partial charge >= 0.3 is 6.61 Å². The Labute approximate surface area is 239 Å². The number of fused-ring (bicyclic) bond motifs is 1. The van der Waals surface area contributed by atoms with Gasteiger partial charge in [-0.1, -0.05) is 31.2 Å². The first-order valence-corrected chi connectivity index (χ1v) is 17.4. The number of anilines is 1. The lowest BCUT2D eigenvalue weighted by atomic mass is 10.1. The molecule has 1 aromatic carbocycles. The molecule has 10 nitrogen and oxygen atoms in total. The highest BCUT2D eigenvalue weighted by atomic mass is 35.5. The first-order valence-electron chi connectivity index (χ1n) is 12.3. The minimum absolute atomic E-state index is 0.000700. The molecule has 0 spiro atoms. The Kier molecular flexibility index (Phi) is 9.79. The predicted molar refractivity (Wildman–Crippen MR) is 152 cm³/mol. The number of amides is 1. The second kappa shape index (κ2) is 13.1. The summed E-state index contributed by atoms with van der Waals surface area (Å²) in [5.41, 5.74) is 1.22. The number of nitrogens with zero attached hydrogens (tertiary/aromatic N) is 5. The number of aliphatic hydroxyl groups excluding tert-OH is 1. The largest absolute Gasteiger partial charge is 0.434 e.